The number of benzene rings is 1. The van der Waals surface area contributed by atoms with Crippen LogP contribution in [0.1, 0.15) is 0 Å². The molecule has 0 saturated carbocycles. The molecule has 2 aromatic rings. The van der Waals surface area contributed by atoms with E-state index < -0.39 is 0 Å². The first kappa shape index (κ1) is 11.5. The van der Waals surface area contributed by atoms with Crippen molar-refractivity contribution in [3.05, 3.63) is 24.4 Å². The summed E-state index contributed by atoms with van der Waals surface area (Å²) < 4.78 is 5.15. The van der Waals surface area contributed by atoms with Crippen LogP contribution in [0.2, 0.25) is 0 Å². The summed E-state index contributed by atoms with van der Waals surface area (Å²) in [6.07, 6.45) is 1.79. The highest BCUT2D eigenvalue weighted by Crippen LogP contribution is 2.28. The van der Waals surface area contributed by atoms with Crippen LogP contribution in [0.3, 0.4) is 0 Å². The lowest BCUT2D eigenvalue weighted by molar-refractivity contribution is 0.415. The quantitative estimate of drug-likeness (QED) is 0.632. The lowest BCUT2D eigenvalue weighted by Gasteiger charge is -2.06. The summed E-state index contributed by atoms with van der Waals surface area (Å²) in [5.41, 5.74) is 4.00. The molecular weight excluding hydrogens is 230 g/mol. The number of nitrogens with one attached hydrogen (secondary N) is 2. The molecule has 1 aromatic heterocycles. The van der Waals surface area contributed by atoms with Crippen molar-refractivity contribution in [3.8, 4) is 17.9 Å². The molecule has 0 radical (unpaired) electrons. The molecule has 0 bridgehead atoms. The van der Waals surface area contributed by atoms with Crippen molar-refractivity contribution in [2.75, 3.05) is 12.5 Å². The number of nitrogens with zero attached hydrogens (tertiary/aromatic N) is 3. The second-order valence-electron chi connectivity index (χ2n) is 3.41. The standard InChI is InChI=1S/C12H9N5O/c1-18-9-4-11-10(2-3-15-11)12(5-9)17-16-8(6-13)7-14/h2-5,15,17H,1H3. The van der Waals surface area contributed by atoms with Gasteiger partial charge in [-0.1, -0.05) is 0 Å². The molecule has 0 unspecified atom stereocenters. The molecule has 0 amide bonds. The third-order valence-electron chi connectivity index (χ3n) is 2.38. The minimum absolute atomic E-state index is 0.235. The number of anilines is 1. The predicted octanol–water partition coefficient (Wildman–Crippen LogP) is 1.99. The molecule has 88 valence electrons. The fourth-order valence-corrected chi connectivity index (χ4v) is 1.54. The fourth-order valence-electron chi connectivity index (χ4n) is 1.54. The summed E-state index contributed by atoms with van der Waals surface area (Å²) in [6.45, 7) is 0. The van der Waals surface area contributed by atoms with E-state index in [2.05, 4.69) is 15.5 Å². The average molecular weight is 239 g/mol. The van der Waals surface area contributed by atoms with Crippen LogP contribution in [-0.2, 0) is 0 Å². The summed E-state index contributed by atoms with van der Waals surface area (Å²) in [6, 6.07) is 8.81. The van der Waals surface area contributed by atoms with Gasteiger partial charge in [-0.3, -0.25) is 5.43 Å². The average Bonchev–Trinajstić information content (AvgIpc) is 2.87. The molecule has 18 heavy (non-hydrogen) atoms. The molecule has 2 rings (SSSR count). The van der Waals surface area contributed by atoms with Gasteiger partial charge >= 0.3 is 0 Å². The Morgan fingerprint density at radius 1 is 1.39 bits per heavy atom. The number of nitriles is 2. The van der Waals surface area contributed by atoms with Crippen LogP contribution in [0.15, 0.2) is 29.5 Å². The van der Waals surface area contributed by atoms with Crippen molar-refractivity contribution >= 4 is 22.3 Å². The lowest BCUT2D eigenvalue weighted by Crippen LogP contribution is -1.97. The molecular formula is C12H9N5O. The van der Waals surface area contributed by atoms with Gasteiger partial charge in [-0.15, -0.1) is 0 Å². The van der Waals surface area contributed by atoms with E-state index in [0.717, 1.165) is 10.9 Å². The summed E-state index contributed by atoms with van der Waals surface area (Å²) in [5, 5.41) is 21.8. The number of aromatic nitrogens is 1. The van der Waals surface area contributed by atoms with E-state index in [0.29, 0.717) is 11.4 Å². The van der Waals surface area contributed by atoms with Gasteiger partial charge in [-0.25, -0.2) is 0 Å². The molecule has 1 heterocycles. The van der Waals surface area contributed by atoms with Gasteiger partial charge in [-0.2, -0.15) is 15.6 Å². The molecule has 0 fully saturated rings. The van der Waals surface area contributed by atoms with Gasteiger partial charge in [-0.05, 0) is 6.07 Å². The third-order valence-corrected chi connectivity index (χ3v) is 2.38. The Morgan fingerprint density at radius 3 is 2.83 bits per heavy atom. The van der Waals surface area contributed by atoms with Crippen LogP contribution >= 0.6 is 0 Å². The number of hydrazone groups is 1. The van der Waals surface area contributed by atoms with Crippen molar-refractivity contribution in [2.45, 2.75) is 0 Å². The first-order valence-electron chi connectivity index (χ1n) is 5.07. The molecule has 0 atom stereocenters. The van der Waals surface area contributed by atoms with Crippen LogP contribution in [0, 0.1) is 22.7 Å². The molecule has 2 N–H and O–H groups in total. The van der Waals surface area contributed by atoms with Gasteiger partial charge in [0, 0.05) is 23.7 Å². The fraction of sp³-hybridized carbons (Fsp3) is 0.0833. The molecule has 6 nitrogen and oxygen atoms in total. The molecule has 0 spiro atoms. The largest absolute Gasteiger partial charge is 0.497 e. The Morgan fingerprint density at radius 2 is 2.17 bits per heavy atom. The van der Waals surface area contributed by atoms with Crippen LogP contribution in [-0.4, -0.2) is 17.8 Å². The minimum Gasteiger partial charge on any atom is -0.497 e. The number of ether oxygens (including phenoxy) is 1. The van der Waals surface area contributed by atoms with Gasteiger partial charge in [0.15, 0.2) is 0 Å². The zero-order valence-electron chi connectivity index (χ0n) is 9.56. The van der Waals surface area contributed by atoms with E-state index in [1.165, 1.54) is 0 Å². The van der Waals surface area contributed by atoms with E-state index in [1.807, 2.05) is 12.1 Å². The van der Waals surface area contributed by atoms with Crippen molar-refractivity contribution in [1.29, 1.82) is 10.5 Å². The lowest BCUT2D eigenvalue weighted by atomic mass is 10.2. The first-order valence-corrected chi connectivity index (χ1v) is 5.07. The zero-order chi connectivity index (χ0) is 13.0. The maximum atomic E-state index is 8.60. The molecule has 0 aliphatic rings. The molecule has 0 aliphatic heterocycles. The van der Waals surface area contributed by atoms with Crippen molar-refractivity contribution in [1.82, 2.24) is 4.98 Å². The smallest absolute Gasteiger partial charge is 0.237 e. The maximum absolute atomic E-state index is 8.60. The van der Waals surface area contributed by atoms with Crippen LogP contribution in [0.25, 0.3) is 10.9 Å². The monoisotopic (exact) mass is 239 g/mol. The van der Waals surface area contributed by atoms with Crippen LogP contribution < -0.4 is 10.2 Å². The van der Waals surface area contributed by atoms with E-state index in [9.17, 15) is 0 Å². The number of methoxy groups -OCH3 is 1. The van der Waals surface area contributed by atoms with Crippen LogP contribution in [0.5, 0.6) is 5.75 Å². The highest BCUT2D eigenvalue weighted by atomic mass is 16.5. The predicted molar refractivity (Wildman–Crippen MR) is 67.1 cm³/mol. The van der Waals surface area contributed by atoms with Gasteiger partial charge in [0.25, 0.3) is 0 Å². The molecule has 0 aliphatic carbocycles. The topological polar surface area (TPSA) is 97.0 Å². The van der Waals surface area contributed by atoms with Crippen molar-refractivity contribution in [3.63, 3.8) is 0 Å². The highest BCUT2D eigenvalue weighted by Gasteiger charge is 2.05. The molecule has 0 saturated heterocycles. The Labute approximate surface area is 103 Å². The second kappa shape index (κ2) is 4.89. The number of H-pyrrole nitrogens is 1. The summed E-state index contributed by atoms with van der Waals surface area (Å²) in [5.74, 6) is 0.651. The van der Waals surface area contributed by atoms with Crippen molar-refractivity contribution in [2.24, 2.45) is 5.10 Å². The van der Waals surface area contributed by atoms with E-state index >= 15 is 0 Å². The normalized spacial score (nSPS) is 9.28. The SMILES string of the molecule is COc1cc(NN=C(C#N)C#N)c2cc[nH]c2c1. The molecule has 1 aromatic carbocycles. The zero-order valence-corrected chi connectivity index (χ0v) is 9.56. The Hall–Kier alpha value is -2.99. The third kappa shape index (κ3) is 2.08. The maximum Gasteiger partial charge on any atom is 0.237 e. The number of rotatable bonds is 3. The number of aromatic amines is 1. The summed E-state index contributed by atoms with van der Waals surface area (Å²) in [4.78, 5) is 3.05. The number of fused-ring (bicyclic) bond motifs is 1. The van der Waals surface area contributed by atoms with Gasteiger partial charge in [0.05, 0.1) is 18.3 Å². The highest BCUT2D eigenvalue weighted by molar-refractivity contribution is 6.10. The van der Waals surface area contributed by atoms with Gasteiger partial charge in [0.1, 0.15) is 17.9 Å². The van der Waals surface area contributed by atoms with E-state index in [1.54, 1.807) is 31.5 Å². The van der Waals surface area contributed by atoms with Crippen LogP contribution in [0.4, 0.5) is 5.69 Å². The van der Waals surface area contributed by atoms with Crippen molar-refractivity contribution < 1.29 is 4.74 Å². The number of hydrogen-bond acceptors (Lipinski definition) is 5. The first-order chi connectivity index (χ1) is 8.78. The van der Waals surface area contributed by atoms with Gasteiger partial charge in [0.2, 0.25) is 5.71 Å². The number of hydrogen-bond donors (Lipinski definition) is 2. The van der Waals surface area contributed by atoms with E-state index in [4.69, 9.17) is 15.3 Å². The van der Waals surface area contributed by atoms with Gasteiger partial charge < -0.3 is 9.72 Å². The Balaban J connectivity index is 2.44. The molecule has 6 heteroatoms. The minimum atomic E-state index is -0.235. The summed E-state index contributed by atoms with van der Waals surface area (Å²) >= 11 is 0. The Bertz CT molecular complexity index is 671. The Kier molecular flexibility index (Phi) is 3.13. The summed E-state index contributed by atoms with van der Waals surface area (Å²) in [7, 11) is 1.56. The second-order valence-corrected chi connectivity index (χ2v) is 3.41. The van der Waals surface area contributed by atoms with E-state index in [-0.39, 0.29) is 5.71 Å².